The summed E-state index contributed by atoms with van der Waals surface area (Å²) in [5.41, 5.74) is 4.24. The monoisotopic (exact) mass is 258 g/mol. The largest absolute Gasteiger partial charge is 0.113 e. The van der Waals surface area contributed by atoms with E-state index < -0.39 is 8.07 Å². The fourth-order valence-corrected chi connectivity index (χ4v) is 6.36. The van der Waals surface area contributed by atoms with E-state index in [0.29, 0.717) is 0 Å². The van der Waals surface area contributed by atoms with Gasteiger partial charge in [-0.15, -0.1) is 0 Å². The summed E-state index contributed by atoms with van der Waals surface area (Å²) in [6, 6.07) is 13.0. The number of fused-ring (bicyclic) bond motifs is 3. The number of aryl methyl sites for hydroxylation is 1. The Labute approximate surface area is 108 Å². The third-order valence-corrected chi connectivity index (χ3v) is 7.63. The molecular formula is C15H15ClSi. The van der Waals surface area contributed by atoms with Crippen LogP contribution in [0.3, 0.4) is 0 Å². The maximum absolute atomic E-state index is 6.16. The lowest BCUT2D eigenvalue weighted by molar-refractivity contribution is 1.49. The van der Waals surface area contributed by atoms with E-state index in [1.807, 2.05) is 6.07 Å². The van der Waals surface area contributed by atoms with E-state index in [1.54, 1.807) is 5.19 Å². The Morgan fingerprint density at radius 2 is 1.76 bits per heavy atom. The molecule has 3 rings (SSSR count). The van der Waals surface area contributed by atoms with Gasteiger partial charge in [0.15, 0.2) is 0 Å². The minimum Gasteiger partial charge on any atom is -0.0843 e. The summed E-state index contributed by atoms with van der Waals surface area (Å²) in [5, 5.41) is 3.89. The summed E-state index contributed by atoms with van der Waals surface area (Å²) in [5.74, 6) is 0. The van der Waals surface area contributed by atoms with Crippen LogP contribution in [0.2, 0.25) is 18.1 Å². The highest BCUT2D eigenvalue weighted by Gasteiger charge is 2.37. The molecule has 0 aromatic heterocycles. The molecule has 2 aromatic carbocycles. The van der Waals surface area contributed by atoms with Gasteiger partial charge in [0, 0.05) is 5.02 Å². The SMILES string of the molecule is Cc1cccc2c1-c1ccc(Cl)cc1[Si]2(C)C. The Bertz CT molecular complexity index is 614. The van der Waals surface area contributed by atoms with Gasteiger partial charge in [0.2, 0.25) is 0 Å². The van der Waals surface area contributed by atoms with Crippen molar-refractivity contribution in [2.45, 2.75) is 20.0 Å². The van der Waals surface area contributed by atoms with E-state index in [0.717, 1.165) is 5.02 Å². The van der Waals surface area contributed by atoms with Crippen LogP contribution in [0, 0.1) is 6.92 Å². The Morgan fingerprint density at radius 3 is 2.53 bits per heavy atom. The molecule has 1 aliphatic rings. The van der Waals surface area contributed by atoms with Crippen molar-refractivity contribution >= 4 is 30.0 Å². The van der Waals surface area contributed by atoms with Crippen molar-refractivity contribution in [1.82, 2.24) is 0 Å². The zero-order valence-electron chi connectivity index (χ0n) is 10.3. The molecule has 86 valence electrons. The smallest absolute Gasteiger partial charge is 0.0843 e. The maximum atomic E-state index is 6.16. The molecule has 0 aliphatic carbocycles. The van der Waals surface area contributed by atoms with Crippen LogP contribution in [0.4, 0.5) is 0 Å². The lowest BCUT2D eigenvalue weighted by atomic mass is 10.0. The third kappa shape index (κ3) is 1.42. The highest BCUT2D eigenvalue weighted by Crippen LogP contribution is 2.31. The van der Waals surface area contributed by atoms with Crippen LogP contribution in [0.25, 0.3) is 11.1 Å². The molecular weight excluding hydrogens is 244 g/mol. The van der Waals surface area contributed by atoms with Gasteiger partial charge in [-0.1, -0.05) is 49.0 Å². The van der Waals surface area contributed by atoms with E-state index in [1.165, 1.54) is 21.9 Å². The number of benzene rings is 2. The number of rotatable bonds is 0. The standard InChI is InChI=1S/C15H15ClSi/c1-10-5-4-6-13-15(10)12-8-7-11(16)9-14(12)17(13,2)3/h4-9H,1-3H3. The average Bonchev–Trinajstić information content (AvgIpc) is 2.50. The second-order valence-electron chi connectivity index (χ2n) is 5.31. The Hall–Kier alpha value is -1.05. The Morgan fingerprint density at radius 1 is 1.00 bits per heavy atom. The topological polar surface area (TPSA) is 0 Å². The Kier molecular flexibility index (Phi) is 2.26. The molecule has 2 heteroatoms. The zero-order chi connectivity index (χ0) is 12.2. The lowest BCUT2D eigenvalue weighted by Gasteiger charge is -2.18. The molecule has 0 saturated heterocycles. The number of hydrogen-bond acceptors (Lipinski definition) is 0. The molecule has 1 heterocycles. The second-order valence-corrected chi connectivity index (χ2v) is 10.1. The summed E-state index contributed by atoms with van der Waals surface area (Å²) in [6.07, 6.45) is 0. The van der Waals surface area contributed by atoms with Crippen molar-refractivity contribution in [1.29, 1.82) is 0 Å². The first kappa shape index (κ1) is 11.1. The van der Waals surface area contributed by atoms with Gasteiger partial charge < -0.3 is 0 Å². The molecule has 0 N–H and O–H groups in total. The van der Waals surface area contributed by atoms with Crippen molar-refractivity contribution in [3.05, 3.63) is 47.0 Å². The van der Waals surface area contributed by atoms with Crippen molar-refractivity contribution < 1.29 is 0 Å². The molecule has 0 radical (unpaired) electrons. The molecule has 0 bridgehead atoms. The van der Waals surface area contributed by atoms with Crippen molar-refractivity contribution in [3.63, 3.8) is 0 Å². The fraction of sp³-hybridized carbons (Fsp3) is 0.200. The molecule has 0 spiro atoms. The average molecular weight is 259 g/mol. The fourth-order valence-electron chi connectivity index (χ4n) is 2.94. The maximum Gasteiger partial charge on any atom is 0.113 e. The van der Waals surface area contributed by atoms with Gasteiger partial charge in [-0.3, -0.25) is 0 Å². The minimum absolute atomic E-state index is 0.856. The quantitative estimate of drug-likeness (QED) is 0.635. The van der Waals surface area contributed by atoms with Crippen molar-refractivity contribution in [3.8, 4) is 11.1 Å². The summed E-state index contributed by atoms with van der Waals surface area (Å²) in [7, 11) is -1.53. The van der Waals surface area contributed by atoms with Crippen LogP contribution in [0.15, 0.2) is 36.4 Å². The van der Waals surface area contributed by atoms with E-state index >= 15 is 0 Å². The van der Waals surface area contributed by atoms with E-state index in [2.05, 4.69) is 50.3 Å². The molecule has 0 saturated carbocycles. The van der Waals surface area contributed by atoms with E-state index in [9.17, 15) is 0 Å². The summed E-state index contributed by atoms with van der Waals surface area (Å²) in [4.78, 5) is 0. The lowest BCUT2D eigenvalue weighted by Crippen LogP contribution is -2.49. The van der Waals surface area contributed by atoms with Crippen LogP contribution in [0.5, 0.6) is 0 Å². The minimum atomic E-state index is -1.53. The van der Waals surface area contributed by atoms with E-state index in [-0.39, 0.29) is 0 Å². The first-order valence-electron chi connectivity index (χ1n) is 5.92. The van der Waals surface area contributed by atoms with Crippen LogP contribution in [-0.2, 0) is 0 Å². The van der Waals surface area contributed by atoms with Gasteiger partial charge >= 0.3 is 0 Å². The summed E-state index contributed by atoms with van der Waals surface area (Å²) in [6.45, 7) is 7.02. The Balaban J connectivity index is 2.43. The first-order chi connectivity index (χ1) is 8.01. The van der Waals surface area contributed by atoms with Gasteiger partial charge in [-0.25, -0.2) is 0 Å². The van der Waals surface area contributed by atoms with E-state index in [4.69, 9.17) is 11.6 Å². The predicted octanol–water partition coefficient (Wildman–Crippen LogP) is 3.45. The van der Waals surface area contributed by atoms with Crippen LogP contribution < -0.4 is 10.4 Å². The van der Waals surface area contributed by atoms with Gasteiger partial charge in [0.1, 0.15) is 8.07 Å². The molecule has 0 amide bonds. The normalized spacial score (nSPS) is 15.5. The molecule has 0 nitrogen and oxygen atoms in total. The first-order valence-corrected chi connectivity index (χ1v) is 9.30. The molecule has 0 fully saturated rings. The van der Waals surface area contributed by atoms with Gasteiger partial charge in [0.25, 0.3) is 0 Å². The number of halogens is 1. The van der Waals surface area contributed by atoms with Crippen LogP contribution in [0.1, 0.15) is 5.56 Å². The summed E-state index contributed by atoms with van der Waals surface area (Å²) < 4.78 is 0. The molecule has 17 heavy (non-hydrogen) atoms. The highest BCUT2D eigenvalue weighted by molar-refractivity contribution is 7.03. The molecule has 0 unspecified atom stereocenters. The summed E-state index contributed by atoms with van der Waals surface area (Å²) >= 11 is 6.16. The molecule has 0 atom stereocenters. The molecule has 1 aliphatic heterocycles. The second kappa shape index (κ2) is 3.47. The molecule has 2 aromatic rings. The van der Waals surface area contributed by atoms with Crippen molar-refractivity contribution in [2.75, 3.05) is 0 Å². The zero-order valence-corrected chi connectivity index (χ0v) is 12.1. The van der Waals surface area contributed by atoms with Gasteiger partial charge in [-0.05, 0) is 46.1 Å². The third-order valence-electron chi connectivity index (χ3n) is 3.87. The predicted molar refractivity (Wildman–Crippen MR) is 78.4 cm³/mol. The van der Waals surface area contributed by atoms with Gasteiger partial charge in [0.05, 0.1) is 0 Å². The number of hydrogen-bond donors (Lipinski definition) is 0. The van der Waals surface area contributed by atoms with Crippen molar-refractivity contribution in [2.24, 2.45) is 0 Å². The van der Waals surface area contributed by atoms with Crippen LogP contribution >= 0.6 is 11.6 Å². The van der Waals surface area contributed by atoms with Crippen LogP contribution in [-0.4, -0.2) is 8.07 Å². The van der Waals surface area contributed by atoms with Gasteiger partial charge in [-0.2, -0.15) is 0 Å². The highest BCUT2D eigenvalue weighted by atomic mass is 35.5.